The van der Waals surface area contributed by atoms with Crippen LogP contribution >= 0.6 is 11.8 Å². The number of nitro benzene ring substituents is 1. The van der Waals surface area contributed by atoms with E-state index in [1.54, 1.807) is 12.4 Å². The number of aromatic amines is 1. The summed E-state index contributed by atoms with van der Waals surface area (Å²) in [4.78, 5) is 28.6. The molecule has 18 heavy (non-hydrogen) atoms. The lowest BCUT2D eigenvalue weighted by molar-refractivity contribution is -0.384. The summed E-state index contributed by atoms with van der Waals surface area (Å²) in [6.45, 7) is 0. The van der Waals surface area contributed by atoms with E-state index in [1.165, 1.54) is 36.0 Å². The number of thioether (sulfide) groups is 1. The van der Waals surface area contributed by atoms with Crippen LogP contribution in [0.1, 0.15) is 10.4 Å². The van der Waals surface area contributed by atoms with Crippen LogP contribution in [0.25, 0.3) is 0 Å². The van der Waals surface area contributed by atoms with Gasteiger partial charge in [0.25, 0.3) is 5.69 Å². The Morgan fingerprint density at radius 3 is 2.67 bits per heavy atom. The third-order valence-corrected chi connectivity index (χ3v) is 3.12. The molecule has 6 nitrogen and oxygen atoms in total. The Morgan fingerprint density at radius 2 is 2.11 bits per heavy atom. The number of nitro groups is 1. The normalized spacial score (nSPS) is 10.2. The van der Waals surface area contributed by atoms with E-state index in [0.29, 0.717) is 10.7 Å². The van der Waals surface area contributed by atoms with Gasteiger partial charge in [0.1, 0.15) is 0 Å². The lowest BCUT2D eigenvalue weighted by Gasteiger charge is -1.99. The predicted octanol–water partition coefficient (Wildman–Crippen LogP) is 2.29. The molecule has 0 aliphatic rings. The molecule has 0 saturated carbocycles. The molecule has 0 saturated heterocycles. The van der Waals surface area contributed by atoms with Crippen molar-refractivity contribution in [2.75, 3.05) is 5.75 Å². The van der Waals surface area contributed by atoms with Crippen molar-refractivity contribution in [3.63, 3.8) is 0 Å². The summed E-state index contributed by atoms with van der Waals surface area (Å²) in [6.07, 6.45) is 3.29. The van der Waals surface area contributed by atoms with Crippen molar-refractivity contribution in [3.8, 4) is 0 Å². The van der Waals surface area contributed by atoms with Crippen LogP contribution in [0.15, 0.2) is 41.8 Å². The van der Waals surface area contributed by atoms with Gasteiger partial charge in [0.05, 0.1) is 10.7 Å². The molecule has 0 spiro atoms. The molecule has 0 amide bonds. The van der Waals surface area contributed by atoms with E-state index in [9.17, 15) is 14.9 Å². The van der Waals surface area contributed by atoms with Gasteiger partial charge in [-0.3, -0.25) is 14.9 Å². The molecule has 0 fully saturated rings. The highest BCUT2D eigenvalue weighted by atomic mass is 32.2. The molecule has 1 heterocycles. The van der Waals surface area contributed by atoms with E-state index in [4.69, 9.17) is 0 Å². The lowest BCUT2D eigenvalue weighted by Crippen LogP contribution is -2.02. The number of hydrogen-bond donors (Lipinski definition) is 1. The van der Waals surface area contributed by atoms with E-state index in [2.05, 4.69) is 9.97 Å². The Hall–Kier alpha value is -2.15. The summed E-state index contributed by atoms with van der Waals surface area (Å²) in [6, 6.07) is 5.57. The summed E-state index contributed by atoms with van der Waals surface area (Å²) >= 11 is 1.29. The van der Waals surface area contributed by atoms with E-state index in [-0.39, 0.29) is 17.2 Å². The topological polar surface area (TPSA) is 88.9 Å². The van der Waals surface area contributed by atoms with Gasteiger partial charge in [-0.2, -0.15) is 0 Å². The van der Waals surface area contributed by atoms with Gasteiger partial charge in [-0.15, -0.1) is 0 Å². The van der Waals surface area contributed by atoms with Gasteiger partial charge < -0.3 is 4.98 Å². The predicted molar refractivity (Wildman–Crippen MR) is 66.7 cm³/mol. The van der Waals surface area contributed by atoms with Gasteiger partial charge in [0.2, 0.25) is 0 Å². The van der Waals surface area contributed by atoms with Crippen LogP contribution in [0, 0.1) is 10.1 Å². The molecule has 0 unspecified atom stereocenters. The van der Waals surface area contributed by atoms with Crippen LogP contribution in [-0.2, 0) is 0 Å². The first-order valence-corrected chi connectivity index (χ1v) is 6.05. The van der Waals surface area contributed by atoms with Crippen LogP contribution in [0.4, 0.5) is 5.69 Å². The molecule has 1 N–H and O–H groups in total. The zero-order valence-corrected chi connectivity index (χ0v) is 10.0. The molecule has 7 heteroatoms. The number of nitrogens with one attached hydrogen (secondary N) is 1. The number of Topliss-reactive ketones (excluding diaryl/α,β-unsaturated/α-hetero) is 1. The quantitative estimate of drug-likeness (QED) is 0.387. The number of carbonyl (C=O) groups is 1. The molecule has 0 atom stereocenters. The first kappa shape index (κ1) is 12.3. The third-order valence-electron chi connectivity index (χ3n) is 2.21. The Kier molecular flexibility index (Phi) is 3.73. The molecule has 1 aromatic heterocycles. The first-order valence-electron chi connectivity index (χ1n) is 5.06. The Bertz CT molecular complexity index is 551. The molecule has 92 valence electrons. The Labute approximate surface area is 107 Å². The highest BCUT2D eigenvalue weighted by Gasteiger charge is 2.10. The number of non-ortho nitro benzene ring substituents is 1. The minimum atomic E-state index is -0.494. The van der Waals surface area contributed by atoms with Gasteiger partial charge in [0.15, 0.2) is 10.9 Å². The van der Waals surface area contributed by atoms with Gasteiger partial charge >= 0.3 is 0 Å². The number of rotatable bonds is 5. The van der Waals surface area contributed by atoms with Crippen molar-refractivity contribution in [1.82, 2.24) is 9.97 Å². The number of aromatic nitrogens is 2. The summed E-state index contributed by atoms with van der Waals surface area (Å²) in [7, 11) is 0. The number of imidazole rings is 1. The van der Waals surface area contributed by atoms with Crippen LogP contribution in [0.3, 0.4) is 0 Å². The second-order valence-corrected chi connectivity index (χ2v) is 4.37. The van der Waals surface area contributed by atoms with Crippen molar-refractivity contribution in [2.45, 2.75) is 5.16 Å². The highest BCUT2D eigenvalue weighted by Crippen LogP contribution is 2.16. The largest absolute Gasteiger partial charge is 0.340 e. The molecule has 0 aliphatic carbocycles. The molecule has 0 aliphatic heterocycles. The number of nitrogens with zero attached hydrogens (tertiary/aromatic N) is 2. The monoisotopic (exact) mass is 263 g/mol. The van der Waals surface area contributed by atoms with Crippen LogP contribution in [-0.4, -0.2) is 26.4 Å². The molecule has 2 aromatic rings. The Balaban J connectivity index is 1.98. The maximum atomic E-state index is 11.8. The van der Waals surface area contributed by atoms with Crippen LogP contribution in [0.5, 0.6) is 0 Å². The summed E-state index contributed by atoms with van der Waals surface area (Å²) < 4.78 is 0. The number of ketones is 1. The summed E-state index contributed by atoms with van der Waals surface area (Å²) in [5.74, 6) is 0.150. The van der Waals surface area contributed by atoms with Crippen molar-refractivity contribution in [2.24, 2.45) is 0 Å². The van der Waals surface area contributed by atoms with Crippen molar-refractivity contribution < 1.29 is 9.72 Å². The zero-order valence-electron chi connectivity index (χ0n) is 9.20. The maximum absolute atomic E-state index is 11.8. The number of carbonyl (C=O) groups excluding carboxylic acids is 1. The molecule has 1 aromatic carbocycles. The minimum absolute atomic E-state index is 0.0229. The Morgan fingerprint density at radius 1 is 1.39 bits per heavy atom. The van der Waals surface area contributed by atoms with Crippen molar-refractivity contribution in [3.05, 3.63) is 52.3 Å². The molecule has 2 rings (SSSR count). The highest BCUT2D eigenvalue weighted by molar-refractivity contribution is 7.99. The van der Waals surface area contributed by atoms with E-state index < -0.39 is 4.92 Å². The summed E-state index contributed by atoms with van der Waals surface area (Å²) in [5.41, 5.74) is 0.435. The van der Waals surface area contributed by atoms with E-state index >= 15 is 0 Å². The fourth-order valence-corrected chi connectivity index (χ4v) is 2.04. The molecule has 0 bridgehead atoms. The number of H-pyrrole nitrogens is 1. The maximum Gasteiger partial charge on any atom is 0.269 e. The SMILES string of the molecule is O=C(CSc1ncc[nH]1)c1ccc([N+](=O)[O-])cc1. The first-order chi connectivity index (χ1) is 8.66. The number of hydrogen-bond acceptors (Lipinski definition) is 5. The van der Waals surface area contributed by atoms with Crippen molar-refractivity contribution >= 4 is 23.2 Å². The molecular weight excluding hydrogens is 254 g/mol. The number of benzene rings is 1. The van der Waals surface area contributed by atoms with Gasteiger partial charge in [-0.25, -0.2) is 4.98 Å². The zero-order chi connectivity index (χ0) is 13.0. The van der Waals surface area contributed by atoms with E-state index in [0.717, 1.165) is 0 Å². The fraction of sp³-hybridized carbons (Fsp3) is 0.0909. The van der Waals surface area contributed by atoms with Crippen LogP contribution in [0.2, 0.25) is 0 Å². The fourth-order valence-electron chi connectivity index (χ4n) is 1.32. The van der Waals surface area contributed by atoms with Gasteiger partial charge in [-0.1, -0.05) is 11.8 Å². The second kappa shape index (κ2) is 5.46. The van der Waals surface area contributed by atoms with Gasteiger partial charge in [0, 0.05) is 30.1 Å². The third kappa shape index (κ3) is 2.95. The standard InChI is InChI=1S/C11H9N3O3S/c15-10(7-18-11-12-5-6-13-11)8-1-3-9(4-2-8)14(16)17/h1-6H,7H2,(H,12,13). The van der Waals surface area contributed by atoms with Crippen LogP contribution < -0.4 is 0 Å². The molecular formula is C11H9N3O3S. The second-order valence-electron chi connectivity index (χ2n) is 3.41. The van der Waals surface area contributed by atoms with Gasteiger partial charge in [-0.05, 0) is 12.1 Å². The van der Waals surface area contributed by atoms with Crippen molar-refractivity contribution in [1.29, 1.82) is 0 Å². The average molecular weight is 263 g/mol. The lowest BCUT2D eigenvalue weighted by atomic mass is 10.1. The average Bonchev–Trinajstić information content (AvgIpc) is 2.89. The molecule has 0 radical (unpaired) electrons. The smallest absolute Gasteiger partial charge is 0.269 e. The van der Waals surface area contributed by atoms with E-state index in [1.807, 2.05) is 0 Å². The summed E-state index contributed by atoms with van der Waals surface area (Å²) in [5, 5.41) is 11.1. The minimum Gasteiger partial charge on any atom is -0.340 e.